The van der Waals surface area contributed by atoms with Crippen molar-refractivity contribution in [2.24, 2.45) is 11.1 Å². The maximum Gasteiger partial charge on any atom is 0.323 e. The summed E-state index contributed by atoms with van der Waals surface area (Å²) in [6.45, 7) is 1.53. The van der Waals surface area contributed by atoms with Crippen LogP contribution in [0.15, 0.2) is 12.1 Å². The summed E-state index contributed by atoms with van der Waals surface area (Å²) in [7, 11) is 0. The number of pyridine rings is 1. The van der Waals surface area contributed by atoms with Crippen molar-refractivity contribution in [3.8, 4) is 0 Å². The lowest BCUT2D eigenvalue weighted by molar-refractivity contribution is 0.00732. The fourth-order valence-electron chi connectivity index (χ4n) is 4.79. The van der Waals surface area contributed by atoms with Crippen molar-refractivity contribution < 1.29 is 4.79 Å². The first-order valence-electron chi connectivity index (χ1n) is 9.48. The Bertz CT molecular complexity index is 620. The van der Waals surface area contributed by atoms with Crippen LogP contribution in [-0.2, 0) is 12.8 Å². The van der Waals surface area contributed by atoms with Gasteiger partial charge in [0.15, 0.2) is 0 Å². The Balaban J connectivity index is 1.49. The Hall–Kier alpha value is -1.62. The average molecular weight is 328 g/mol. The van der Waals surface area contributed by atoms with E-state index in [0.29, 0.717) is 18.4 Å². The van der Waals surface area contributed by atoms with Gasteiger partial charge in [-0.15, -0.1) is 0 Å². The Morgan fingerprint density at radius 2 is 2.12 bits per heavy atom. The fourth-order valence-corrected chi connectivity index (χ4v) is 4.79. The number of fused-ring (bicyclic) bond motifs is 1. The van der Waals surface area contributed by atoms with Crippen LogP contribution in [0.3, 0.4) is 0 Å². The zero-order valence-corrected chi connectivity index (χ0v) is 14.4. The maximum atomic E-state index is 12.9. The van der Waals surface area contributed by atoms with Crippen LogP contribution < -0.4 is 11.1 Å². The third kappa shape index (κ3) is 2.69. The van der Waals surface area contributed by atoms with Crippen molar-refractivity contribution in [3.05, 3.63) is 23.4 Å². The molecule has 0 radical (unpaired) electrons. The predicted molar refractivity (Wildman–Crippen MR) is 95.0 cm³/mol. The van der Waals surface area contributed by atoms with E-state index in [9.17, 15) is 4.79 Å². The number of carbonyl (C=O) groups excluding carboxylic acids is 1. The second-order valence-corrected chi connectivity index (χ2v) is 7.71. The molecule has 3 aliphatic rings. The zero-order chi connectivity index (χ0) is 16.6. The van der Waals surface area contributed by atoms with E-state index in [0.717, 1.165) is 50.8 Å². The minimum atomic E-state index is 0.00451. The molecule has 2 amide bonds. The minimum Gasteiger partial charge on any atom is -0.330 e. The number of piperidine rings is 1. The molecule has 130 valence electrons. The van der Waals surface area contributed by atoms with E-state index in [1.54, 1.807) is 0 Å². The van der Waals surface area contributed by atoms with Crippen LogP contribution in [0.1, 0.15) is 56.2 Å². The molecular formula is C19H28N4O. The molecule has 0 aromatic carbocycles. The molecule has 1 aromatic heterocycles. The second kappa shape index (κ2) is 6.36. The summed E-state index contributed by atoms with van der Waals surface area (Å²) in [4.78, 5) is 19.6. The molecule has 2 heterocycles. The van der Waals surface area contributed by atoms with Crippen LogP contribution >= 0.6 is 0 Å². The molecule has 3 N–H and O–H groups in total. The quantitative estimate of drug-likeness (QED) is 0.895. The van der Waals surface area contributed by atoms with E-state index in [4.69, 9.17) is 5.73 Å². The van der Waals surface area contributed by atoms with Gasteiger partial charge in [-0.3, -0.25) is 5.32 Å². The highest BCUT2D eigenvalue weighted by Gasteiger charge is 2.47. The fraction of sp³-hybridized carbons (Fsp3) is 0.684. The van der Waals surface area contributed by atoms with E-state index in [-0.39, 0.29) is 11.4 Å². The number of carbonyl (C=O) groups is 1. The SMILES string of the molecule is NCC1(C2CCCCN2C(=O)Nc2ccc3c(n2)CCC3)CCC1. The van der Waals surface area contributed by atoms with Crippen molar-refractivity contribution in [3.63, 3.8) is 0 Å². The summed E-state index contributed by atoms with van der Waals surface area (Å²) in [6.07, 6.45) is 10.3. The van der Waals surface area contributed by atoms with Gasteiger partial charge in [0, 0.05) is 23.7 Å². The predicted octanol–water partition coefficient (Wildman–Crippen LogP) is 3.09. The van der Waals surface area contributed by atoms with Crippen LogP contribution in [0.2, 0.25) is 0 Å². The molecule has 24 heavy (non-hydrogen) atoms. The molecule has 1 saturated heterocycles. The number of hydrogen-bond acceptors (Lipinski definition) is 3. The average Bonchev–Trinajstić information content (AvgIpc) is 3.02. The van der Waals surface area contributed by atoms with E-state index in [1.165, 1.54) is 24.8 Å². The number of nitrogens with zero attached hydrogens (tertiary/aromatic N) is 2. The first kappa shape index (κ1) is 15.9. The Labute approximate surface area is 144 Å². The standard InChI is InChI=1S/C19H28N4O/c20-13-19(10-4-11-19)16-7-1-2-12-23(16)18(24)22-17-9-8-14-5-3-6-15(14)21-17/h8-9,16H,1-7,10-13,20H2,(H,21,22,24). The maximum absolute atomic E-state index is 12.9. The van der Waals surface area contributed by atoms with Crippen LogP contribution in [0.5, 0.6) is 0 Å². The number of anilines is 1. The molecule has 2 fully saturated rings. The van der Waals surface area contributed by atoms with Crippen molar-refractivity contribution in [1.82, 2.24) is 9.88 Å². The molecule has 1 aliphatic heterocycles. The number of nitrogens with two attached hydrogens (primary N) is 1. The minimum absolute atomic E-state index is 0.00451. The lowest BCUT2D eigenvalue weighted by Crippen LogP contribution is -2.59. The van der Waals surface area contributed by atoms with Crippen molar-refractivity contribution in [2.75, 3.05) is 18.4 Å². The number of hydrogen-bond donors (Lipinski definition) is 2. The van der Waals surface area contributed by atoms with E-state index in [1.807, 2.05) is 11.0 Å². The summed E-state index contributed by atoms with van der Waals surface area (Å²) in [6, 6.07) is 4.36. The second-order valence-electron chi connectivity index (χ2n) is 7.71. The monoisotopic (exact) mass is 328 g/mol. The number of rotatable bonds is 3. The zero-order valence-electron chi connectivity index (χ0n) is 14.4. The van der Waals surface area contributed by atoms with Gasteiger partial charge in [0.25, 0.3) is 0 Å². The highest BCUT2D eigenvalue weighted by Crippen LogP contribution is 2.47. The van der Waals surface area contributed by atoms with Crippen LogP contribution in [0.25, 0.3) is 0 Å². The number of aromatic nitrogens is 1. The molecule has 1 atom stereocenters. The Morgan fingerprint density at radius 1 is 1.25 bits per heavy atom. The molecule has 1 aromatic rings. The first-order chi connectivity index (χ1) is 11.7. The lowest BCUT2D eigenvalue weighted by atomic mass is 9.62. The summed E-state index contributed by atoms with van der Waals surface area (Å²) in [5, 5.41) is 3.05. The molecule has 0 spiro atoms. The summed E-state index contributed by atoms with van der Waals surface area (Å²) in [5.74, 6) is 0.695. The van der Waals surface area contributed by atoms with Gasteiger partial charge < -0.3 is 10.6 Å². The smallest absolute Gasteiger partial charge is 0.323 e. The van der Waals surface area contributed by atoms with Crippen molar-refractivity contribution in [1.29, 1.82) is 0 Å². The van der Waals surface area contributed by atoms with Gasteiger partial charge in [-0.05, 0) is 69.5 Å². The normalized spacial score (nSPS) is 25.0. The van der Waals surface area contributed by atoms with Crippen LogP contribution in [0, 0.1) is 5.41 Å². The number of aryl methyl sites for hydroxylation is 2. The van der Waals surface area contributed by atoms with Gasteiger partial charge >= 0.3 is 6.03 Å². The van der Waals surface area contributed by atoms with E-state index < -0.39 is 0 Å². The van der Waals surface area contributed by atoms with Gasteiger partial charge in [0.1, 0.15) is 5.82 Å². The molecule has 5 heteroatoms. The molecule has 5 nitrogen and oxygen atoms in total. The largest absolute Gasteiger partial charge is 0.330 e. The molecule has 1 unspecified atom stereocenters. The number of urea groups is 1. The Morgan fingerprint density at radius 3 is 2.88 bits per heavy atom. The summed E-state index contributed by atoms with van der Waals surface area (Å²) in [5.41, 5.74) is 8.75. The van der Waals surface area contributed by atoms with E-state index >= 15 is 0 Å². The lowest BCUT2D eigenvalue weighted by Gasteiger charge is -2.52. The van der Waals surface area contributed by atoms with Crippen molar-refractivity contribution >= 4 is 11.8 Å². The Kier molecular flexibility index (Phi) is 4.21. The van der Waals surface area contributed by atoms with Crippen molar-refractivity contribution in [2.45, 2.75) is 63.8 Å². The molecule has 4 rings (SSSR count). The summed E-state index contributed by atoms with van der Waals surface area (Å²) >= 11 is 0. The van der Waals surface area contributed by atoms with Gasteiger partial charge in [0.05, 0.1) is 0 Å². The van der Waals surface area contributed by atoms with Gasteiger partial charge in [-0.2, -0.15) is 0 Å². The third-order valence-corrected chi connectivity index (χ3v) is 6.39. The van der Waals surface area contributed by atoms with Crippen LogP contribution in [-0.4, -0.2) is 35.0 Å². The van der Waals surface area contributed by atoms with Gasteiger partial charge in [0.2, 0.25) is 0 Å². The molecule has 1 saturated carbocycles. The van der Waals surface area contributed by atoms with E-state index in [2.05, 4.69) is 16.4 Å². The van der Waals surface area contributed by atoms with Gasteiger partial charge in [-0.1, -0.05) is 12.5 Å². The molecule has 0 bridgehead atoms. The van der Waals surface area contributed by atoms with Gasteiger partial charge in [-0.25, -0.2) is 9.78 Å². The number of likely N-dealkylation sites (tertiary alicyclic amines) is 1. The molecular weight excluding hydrogens is 300 g/mol. The number of nitrogens with one attached hydrogen (secondary N) is 1. The summed E-state index contributed by atoms with van der Waals surface area (Å²) < 4.78 is 0. The first-order valence-corrected chi connectivity index (χ1v) is 9.48. The highest BCUT2D eigenvalue weighted by atomic mass is 16.2. The third-order valence-electron chi connectivity index (χ3n) is 6.39. The van der Waals surface area contributed by atoms with Crippen LogP contribution in [0.4, 0.5) is 10.6 Å². The molecule has 2 aliphatic carbocycles. The number of amides is 2. The highest BCUT2D eigenvalue weighted by molar-refractivity contribution is 5.88. The topological polar surface area (TPSA) is 71.2 Å².